The van der Waals surface area contributed by atoms with Gasteiger partial charge < -0.3 is 9.73 Å². The number of nitrogens with one attached hydrogen (secondary N) is 1. The molecule has 0 atom stereocenters. The van der Waals surface area contributed by atoms with Gasteiger partial charge in [0.25, 0.3) is 0 Å². The summed E-state index contributed by atoms with van der Waals surface area (Å²) >= 11 is 0. The van der Waals surface area contributed by atoms with E-state index < -0.39 is 0 Å². The zero-order chi connectivity index (χ0) is 9.97. The number of halogens is 1. The molecule has 2 nitrogen and oxygen atoms in total. The van der Waals surface area contributed by atoms with E-state index in [9.17, 15) is 4.39 Å². The SMILES string of the molecule is CNCCc1cc(F)c2occc2c1. The van der Waals surface area contributed by atoms with Crippen LogP contribution >= 0.6 is 0 Å². The second kappa shape index (κ2) is 3.80. The summed E-state index contributed by atoms with van der Waals surface area (Å²) in [5.41, 5.74) is 1.34. The van der Waals surface area contributed by atoms with Crippen LogP contribution < -0.4 is 5.32 Å². The number of hydrogen-bond donors (Lipinski definition) is 1. The lowest BCUT2D eigenvalue weighted by molar-refractivity contribution is 0.559. The van der Waals surface area contributed by atoms with Gasteiger partial charge in [0, 0.05) is 5.39 Å². The van der Waals surface area contributed by atoms with Crippen LogP contribution in [0.1, 0.15) is 5.56 Å². The first kappa shape index (κ1) is 9.21. The summed E-state index contributed by atoms with van der Waals surface area (Å²) in [4.78, 5) is 0. The Morgan fingerprint density at radius 2 is 2.29 bits per heavy atom. The van der Waals surface area contributed by atoms with Gasteiger partial charge in [-0.05, 0) is 43.8 Å². The lowest BCUT2D eigenvalue weighted by Gasteiger charge is -2.01. The third kappa shape index (κ3) is 1.63. The molecule has 1 aromatic carbocycles. The summed E-state index contributed by atoms with van der Waals surface area (Å²) < 4.78 is 18.4. The minimum atomic E-state index is -0.279. The molecule has 0 radical (unpaired) electrons. The smallest absolute Gasteiger partial charge is 0.169 e. The molecular formula is C11H12FNO. The fourth-order valence-electron chi connectivity index (χ4n) is 1.51. The van der Waals surface area contributed by atoms with Crippen molar-refractivity contribution in [2.75, 3.05) is 13.6 Å². The number of likely N-dealkylation sites (N-methyl/N-ethyl adjacent to an activating group) is 1. The number of furan rings is 1. The van der Waals surface area contributed by atoms with E-state index in [1.165, 1.54) is 12.3 Å². The minimum Gasteiger partial charge on any atom is -0.461 e. The van der Waals surface area contributed by atoms with E-state index in [-0.39, 0.29) is 5.82 Å². The normalized spacial score (nSPS) is 11.0. The van der Waals surface area contributed by atoms with Crippen LogP contribution in [0.4, 0.5) is 4.39 Å². The summed E-state index contributed by atoms with van der Waals surface area (Å²) in [7, 11) is 1.88. The topological polar surface area (TPSA) is 25.2 Å². The van der Waals surface area contributed by atoms with Gasteiger partial charge in [-0.15, -0.1) is 0 Å². The van der Waals surface area contributed by atoms with Crippen molar-refractivity contribution < 1.29 is 8.81 Å². The zero-order valence-electron chi connectivity index (χ0n) is 8.01. The van der Waals surface area contributed by atoms with Gasteiger partial charge >= 0.3 is 0 Å². The largest absolute Gasteiger partial charge is 0.461 e. The molecule has 0 saturated heterocycles. The van der Waals surface area contributed by atoms with Gasteiger partial charge in [-0.1, -0.05) is 0 Å². The van der Waals surface area contributed by atoms with E-state index in [4.69, 9.17) is 4.42 Å². The van der Waals surface area contributed by atoms with Crippen LogP contribution in [0, 0.1) is 5.82 Å². The third-order valence-electron chi connectivity index (χ3n) is 2.23. The maximum Gasteiger partial charge on any atom is 0.169 e. The summed E-state index contributed by atoms with van der Waals surface area (Å²) in [6.45, 7) is 0.850. The molecular weight excluding hydrogens is 181 g/mol. The number of rotatable bonds is 3. The Balaban J connectivity index is 2.38. The minimum absolute atomic E-state index is 0.279. The first-order chi connectivity index (χ1) is 6.81. The van der Waals surface area contributed by atoms with Gasteiger partial charge in [-0.3, -0.25) is 0 Å². The van der Waals surface area contributed by atoms with Gasteiger partial charge in [0.05, 0.1) is 6.26 Å². The molecule has 1 aromatic heterocycles. The predicted molar refractivity (Wildman–Crippen MR) is 53.8 cm³/mol. The van der Waals surface area contributed by atoms with Gasteiger partial charge in [0.15, 0.2) is 11.4 Å². The molecule has 0 saturated carbocycles. The molecule has 0 bridgehead atoms. The van der Waals surface area contributed by atoms with Crippen molar-refractivity contribution in [2.24, 2.45) is 0 Å². The Labute approximate surface area is 81.7 Å². The molecule has 2 aromatic rings. The number of hydrogen-bond acceptors (Lipinski definition) is 2. The predicted octanol–water partition coefficient (Wildman–Crippen LogP) is 2.33. The lowest BCUT2D eigenvalue weighted by atomic mass is 10.1. The Morgan fingerprint density at radius 3 is 3.07 bits per heavy atom. The van der Waals surface area contributed by atoms with Gasteiger partial charge in [-0.25, -0.2) is 4.39 Å². The van der Waals surface area contributed by atoms with Gasteiger partial charge in [0.1, 0.15) is 0 Å². The molecule has 0 aliphatic carbocycles. The molecule has 0 spiro atoms. The molecule has 14 heavy (non-hydrogen) atoms. The molecule has 0 aliphatic rings. The summed E-state index contributed by atoms with van der Waals surface area (Å²) in [6, 6.07) is 5.27. The summed E-state index contributed by atoms with van der Waals surface area (Å²) in [5, 5.41) is 3.86. The molecule has 0 aliphatic heterocycles. The van der Waals surface area contributed by atoms with Crippen LogP contribution in [0.15, 0.2) is 28.9 Å². The van der Waals surface area contributed by atoms with Crippen molar-refractivity contribution >= 4 is 11.0 Å². The molecule has 0 unspecified atom stereocenters. The van der Waals surface area contributed by atoms with E-state index in [2.05, 4.69) is 5.32 Å². The van der Waals surface area contributed by atoms with Crippen LogP contribution in [0.2, 0.25) is 0 Å². The maximum atomic E-state index is 13.4. The molecule has 74 valence electrons. The maximum absolute atomic E-state index is 13.4. The molecule has 2 rings (SSSR count). The fraction of sp³-hybridized carbons (Fsp3) is 0.273. The van der Waals surface area contributed by atoms with E-state index in [1.54, 1.807) is 6.07 Å². The van der Waals surface area contributed by atoms with Crippen molar-refractivity contribution in [3.63, 3.8) is 0 Å². The molecule has 0 fully saturated rings. The third-order valence-corrected chi connectivity index (χ3v) is 2.23. The second-order valence-corrected chi connectivity index (χ2v) is 3.27. The molecule has 1 N–H and O–H groups in total. The van der Waals surface area contributed by atoms with E-state index in [0.717, 1.165) is 23.9 Å². The van der Waals surface area contributed by atoms with Crippen molar-refractivity contribution in [1.82, 2.24) is 5.32 Å². The van der Waals surface area contributed by atoms with Crippen LogP contribution in [0.5, 0.6) is 0 Å². The average Bonchev–Trinajstić information content (AvgIpc) is 2.63. The summed E-state index contributed by atoms with van der Waals surface area (Å²) in [5.74, 6) is -0.279. The Morgan fingerprint density at radius 1 is 1.43 bits per heavy atom. The summed E-state index contributed by atoms with van der Waals surface area (Å²) in [6.07, 6.45) is 2.34. The highest BCUT2D eigenvalue weighted by molar-refractivity contribution is 5.78. The van der Waals surface area contributed by atoms with Crippen LogP contribution in [-0.2, 0) is 6.42 Å². The van der Waals surface area contributed by atoms with Crippen molar-refractivity contribution in [3.8, 4) is 0 Å². The number of benzene rings is 1. The van der Waals surface area contributed by atoms with E-state index in [0.29, 0.717) is 5.58 Å². The molecule has 1 heterocycles. The highest BCUT2D eigenvalue weighted by Gasteiger charge is 2.05. The van der Waals surface area contributed by atoms with Crippen LogP contribution in [0.25, 0.3) is 11.0 Å². The second-order valence-electron chi connectivity index (χ2n) is 3.27. The van der Waals surface area contributed by atoms with Crippen LogP contribution in [-0.4, -0.2) is 13.6 Å². The first-order valence-corrected chi connectivity index (χ1v) is 4.61. The van der Waals surface area contributed by atoms with E-state index in [1.807, 2.05) is 13.1 Å². The Kier molecular flexibility index (Phi) is 2.50. The average molecular weight is 193 g/mol. The quantitative estimate of drug-likeness (QED) is 0.809. The Hall–Kier alpha value is -1.35. The lowest BCUT2D eigenvalue weighted by Crippen LogP contribution is -2.10. The monoisotopic (exact) mass is 193 g/mol. The van der Waals surface area contributed by atoms with Gasteiger partial charge in [0.2, 0.25) is 0 Å². The van der Waals surface area contributed by atoms with Crippen molar-refractivity contribution in [2.45, 2.75) is 6.42 Å². The standard InChI is InChI=1S/C11H12FNO/c1-13-4-2-8-6-9-3-5-14-11(9)10(12)7-8/h3,5-7,13H,2,4H2,1H3. The molecule has 3 heteroatoms. The highest BCUT2D eigenvalue weighted by atomic mass is 19.1. The first-order valence-electron chi connectivity index (χ1n) is 4.61. The van der Waals surface area contributed by atoms with Crippen molar-refractivity contribution in [1.29, 1.82) is 0 Å². The fourth-order valence-corrected chi connectivity index (χ4v) is 1.51. The number of fused-ring (bicyclic) bond motifs is 1. The van der Waals surface area contributed by atoms with Crippen molar-refractivity contribution in [3.05, 3.63) is 35.8 Å². The van der Waals surface area contributed by atoms with Crippen LogP contribution in [0.3, 0.4) is 0 Å². The molecule has 0 amide bonds. The highest BCUT2D eigenvalue weighted by Crippen LogP contribution is 2.21. The Bertz CT molecular complexity index is 436. The zero-order valence-corrected chi connectivity index (χ0v) is 8.01. The van der Waals surface area contributed by atoms with Gasteiger partial charge in [-0.2, -0.15) is 0 Å². The van der Waals surface area contributed by atoms with E-state index >= 15 is 0 Å².